The van der Waals surface area contributed by atoms with Crippen molar-refractivity contribution in [2.24, 2.45) is 5.41 Å². The summed E-state index contributed by atoms with van der Waals surface area (Å²) in [6, 6.07) is 10.0. The van der Waals surface area contributed by atoms with E-state index in [0.717, 1.165) is 32.1 Å². The van der Waals surface area contributed by atoms with Crippen LogP contribution in [0.5, 0.6) is 0 Å². The Morgan fingerprint density at radius 1 is 1.10 bits per heavy atom. The van der Waals surface area contributed by atoms with Crippen LogP contribution in [0, 0.1) is 5.41 Å². The molecule has 0 spiro atoms. The SMILES string of the molecule is O=C(O)CC1(CC(=O)NCCc2ccccc2)CCCC1. The van der Waals surface area contributed by atoms with Crippen molar-refractivity contribution in [3.63, 3.8) is 0 Å². The highest BCUT2D eigenvalue weighted by atomic mass is 16.4. The maximum atomic E-state index is 12.1. The molecular weight excluding hydrogens is 266 g/mol. The van der Waals surface area contributed by atoms with Gasteiger partial charge in [0.05, 0.1) is 6.42 Å². The summed E-state index contributed by atoms with van der Waals surface area (Å²) in [5.74, 6) is -0.817. The summed E-state index contributed by atoms with van der Waals surface area (Å²) in [7, 11) is 0. The number of carbonyl (C=O) groups is 2. The predicted molar refractivity (Wildman–Crippen MR) is 80.9 cm³/mol. The molecule has 0 aliphatic heterocycles. The number of hydrogen-bond donors (Lipinski definition) is 2. The second-order valence-electron chi connectivity index (χ2n) is 6.04. The average molecular weight is 289 g/mol. The Labute approximate surface area is 125 Å². The van der Waals surface area contributed by atoms with Crippen LogP contribution in [0.3, 0.4) is 0 Å². The molecule has 1 fully saturated rings. The maximum Gasteiger partial charge on any atom is 0.303 e. The fourth-order valence-corrected chi connectivity index (χ4v) is 3.26. The molecule has 2 N–H and O–H groups in total. The van der Waals surface area contributed by atoms with E-state index in [-0.39, 0.29) is 17.7 Å². The van der Waals surface area contributed by atoms with E-state index in [4.69, 9.17) is 5.11 Å². The maximum absolute atomic E-state index is 12.1. The lowest BCUT2D eigenvalue weighted by Crippen LogP contribution is -2.33. The van der Waals surface area contributed by atoms with E-state index >= 15 is 0 Å². The number of nitrogens with one attached hydrogen (secondary N) is 1. The van der Waals surface area contributed by atoms with Gasteiger partial charge in [-0.3, -0.25) is 9.59 Å². The number of benzene rings is 1. The number of carboxylic acid groups (broad SMARTS) is 1. The molecule has 0 unspecified atom stereocenters. The van der Waals surface area contributed by atoms with Crippen LogP contribution in [0.4, 0.5) is 0 Å². The molecule has 114 valence electrons. The molecule has 4 nitrogen and oxygen atoms in total. The summed E-state index contributed by atoms with van der Waals surface area (Å²) in [6.07, 6.45) is 5.03. The van der Waals surface area contributed by atoms with E-state index in [9.17, 15) is 9.59 Å². The normalized spacial score (nSPS) is 16.6. The molecular formula is C17H23NO3. The molecule has 1 saturated carbocycles. The summed E-state index contributed by atoms with van der Waals surface area (Å²) in [4.78, 5) is 23.1. The second-order valence-corrected chi connectivity index (χ2v) is 6.04. The first-order valence-corrected chi connectivity index (χ1v) is 7.62. The zero-order chi connectivity index (χ0) is 15.1. The van der Waals surface area contributed by atoms with Gasteiger partial charge in [-0.2, -0.15) is 0 Å². The molecule has 21 heavy (non-hydrogen) atoms. The molecule has 4 heteroatoms. The minimum absolute atomic E-state index is 0.0194. The van der Waals surface area contributed by atoms with Gasteiger partial charge in [0.25, 0.3) is 0 Å². The molecule has 0 radical (unpaired) electrons. The van der Waals surface area contributed by atoms with E-state index in [2.05, 4.69) is 5.32 Å². The smallest absolute Gasteiger partial charge is 0.303 e. The van der Waals surface area contributed by atoms with Crippen molar-refractivity contribution in [3.05, 3.63) is 35.9 Å². The van der Waals surface area contributed by atoms with E-state index in [1.165, 1.54) is 5.56 Å². The van der Waals surface area contributed by atoms with E-state index in [1.54, 1.807) is 0 Å². The van der Waals surface area contributed by atoms with Crippen LogP contribution in [0.2, 0.25) is 0 Å². The molecule has 0 heterocycles. The van der Waals surface area contributed by atoms with Crippen LogP contribution < -0.4 is 5.32 Å². The topological polar surface area (TPSA) is 66.4 Å². The molecule has 0 bridgehead atoms. The first kappa shape index (κ1) is 15.5. The number of carbonyl (C=O) groups excluding carboxylic acids is 1. The monoisotopic (exact) mass is 289 g/mol. The van der Waals surface area contributed by atoms with Gasteiger partial charge in [0.1, 0.15) is 0 Å². The fraction of sp³-hybridized carbons (Fsp3) is 0.529. The number of aliphatic carboxylic acids is 1. The summed E-state index contributed by atoms with van der Waals surface area (Å²) in [6.45, 7) is 0.603. The highest BCUT2D eigenvalue weighted by Gasteiger charge is 2.37. The van der Waals surface area contributed by atoms with Crippen molar-refractivity contribution >= 4 is 11.9 Å². The first-order valence-electron chi connectivity index (χ1n) is 7.62. The molecule has 1 aliphatic carbocycles. The van der Waals surface area contributed by atoms with Crippen LogP contribution in [-0.4, -0.2) is 23.5 Å². The third-order valence-corrected chi connectivity index (χ3v) is 4.30. The molecule has 0 aromatic heterocycles. The van der Waals surface area contributed by atoms with Gasteiger partial charge >= 0.3 is 5.97 Å². The van der Waals surface area contributed by atoms with Crippen molar-refractivity contribution < 1.29 is 14.7 Å². The lowest BCUT2D eigenvalue weighted by atomic mass is 9.79. The summed E-state index contributed by atoms with van der Waals surface area (Å²) in [5.41, 5.74) is 0.877. The van der Waals surface area contributed by atoms with Crippen LogP contribution in [-0.2, 0) is 16.0 Å². The summed E-state index contributed by atoms with van der Waals surface area (Å²) >= 11 is 0. The Morgan fingerprint density at radius 3 is 2.38 bits per heavy atom. The Bertz CT molecular complexity index is 478. The van der Waals surface area contributed by atoms with E-state index in [0.29, 0.717) is 13.0 Å². The van der Waals surface area contributed by atoms with Gasteiger partial charge in [-0.1, -0.05) is 43.2 Å². The Balaban J connectivity index is 1.78. The molecule has 1 aromatic rings. The highest BCUT2D eigenvalue weighted by Crippen LogP contribution is 2.43. The minimum atomic E-state index is -0.797. The van der Waals surface area contributed by atoms with Gasteiger partial charge < -0.3 is 10.4 Å². The molecule has 1 aliphatic rings. The van der Waals surface area contributed by atoms with Crippen LogP contribution in [0.15, 0.2) is 30.3 Å². The predicted octanol–water partition coefficient (Wildman–Crippen LogP) is 2.77. The van der Waals surface area contributed by atoms with Crippen LogP contribution in [0.25, 0.3) is 0 Å². The molecule has 2 rings (SSSR count). The van der Waals surface area contributed by atoms with Gasteiger partial charge in [-0.15, -0.1) is 0 Å². The molecule has 0 atom stereocenters. The summed E-state index contributed by atoms with van der Waals surface area (Å²) < 4.78 is 0. The van der Waals surface area contributed by atoms with E-state index in [1.807, 2.05) is 30.3 Å². The van der Waals surface area contributed by atoms with Gasteiger partial charge in [0.2, 0.25) is 5.91 Å². The van der Waals surface area contributed by atoms with Crippen molar-refractivity contribution in [2.75, 3.05) is 6.54 Å². The van der Waals surface area contributed by atoms with Gasteiger partial charge in [-0.05, 0) is 30.2 Å². The largest absolute Gasteiger partial charge is 0.481 e. The number of hydrogen-bond acceptors (Lipinski definition) is 2. The van der Waals surface area contributed by atoms with Crippen LogP contribution >= 0.6 is 0 Å². The lowest BCUT2D eigenvalue weighted by molar-refractivity contribution is -0.140. The van der Waals surface area contributed by atoms with Gasteiger partial charge in [0.15, 0.2) is 0 Å². The van der Waals surface area contributed by atoms with Crippen molar-refractivity contribution in [2.45, 2.75) is 44.9 Å². The Hall–Kier alpha value is -1.84. The zero-order valence-electron chi connectivity index (χ0n) is 12.3. The van der Waals surface area contributed by atoms with Gasteiger partial charge in [0, 0.05) is 13.0 Å². The Kier molecular flexibility index (Phi) is 5.37. The van der Waals surface area contributed by atoms with Crippen molar-refractivity contribution in [1.82, 2.24) is 5.32 Å². The third kappa shape index (κ3) is 4.88. The average Bonchev–Trinajstić information content (AvgIpc) is 2.87. The van der Waals surface area contributed by atoms with Crippen molar-refractivity contribution in [3.8, 4) is 0 Å². The Morgan fingerprint density at radius 2 is 1.76 bits per heavy atom. The second kappa shape index (κ2) is 7.25. The number of carboxylic acids is 1. The number of amides is 1. The van der Waals surface area contributed by atoms with Crippen LogP contribution in [0.1, 0.15) is 44.1 Å². The number of rotatable bonds is 7. The fourth-order valence-electron chi connectivity index (χ4n) is 3.26. The summed E-state index contributed by atoms with van der Waals surface area (Å²) in [5, 5.41) is 12.0. The first-order chi connectivity index (χ1) is 10.1. The zero-order valence-corrected chi connectivity index (χ0v) is 12.3. The molecule has 1 amide bonds. The standard InChI is InChI=1S/C17H23NO3/c19-15(18-11-8-14-6-2-1-3-7-14)12-17(13-16(20)21)9-4-5-10-17/h1-3,6-7H,4-5,8-13H2,(H,18,19)(H,20,21). The minimum Gasteiger partial charge on any atom is -0.481 e. The lowest BCUT2D eigenvalue weighted by Gasteiger charge is -2.26. The third-order valence-electron chi connectivity index (χ3n) is 4.30. The highest BCUT2D eigenvalue weighted by molar-refractivity contribution is 5.78. The van der Waals surface area contributed by atoms with Crippen molar-refractivity contribution in [1.29, 1.82) is 0 Å². The van der Waals surface area contributed by atoms with Gasteiger partial charge in [-0.25, -0.2) is 0 Å². The van der Waals surface area contributed by atoms with E-state index < -0.39 is 5.97 Å². The quantitative estimate of drug-likeness (QED) is 0.811. The molecule has 1 aromatic carbocycles. The molecule has 0 saturated heterocycles.